The average molecular weight is 470 g/mol. The summed E-state index contributed by atoms with van der Waals surface area (Å²) in [5.41, 5.74) is 13.8. The largest absolute Gasteiger partial charge is 0.351 e. The monoisotopic (exact) mass is 469 g/mol. The summed E-state index contributed by atoms with van der Waals surface area (Å²) < 4.78 is 1.29. The van der Waals surface area contributed by atoms with Gasteiger partial charge in [-0.25, -0.2) is 9.59 Å². The zero-order valence-electron chi connectivity index (χ0n) is 19.2. The van der Waals surface area contributed by atoms with E-state index in [1.54, 1.807) is 18.2 Å². The number of para-hydroxylation sites is 1. The van der Waals surface area contributed by atoms with Crippen molar-refractivity contribution in [3.8, 4) is 0 Å². The third-order valence-electron chi connectivity index (χ3n) is 6.68. The topological polar surface area (TPSA) is 123 Å². The number of nitrogens with two attached hydrogens (primary N) is 2. The van der Waals surface area contributed by atoms with Crippen LogP contribution in [0.4, 0.5) is 15.3 Å². The maximum Gasteiger partial charge on any atom is 0.323 e. The molecule has 2 heterocycles. The van der Waals surface area contributed by atoms with E-state index >= 15 is 0 Å². The van der Waals surface area contributed by atoms with Crippen molar-refractivity contribution in [2.24, 2.45) is 11.5 Å². The highest BCUT2D eigenvalue weighted by Gasteiger charge is 2.38. The third kappa shape index (κ3) is 4.36. The molecule has 0 saturated carbocycles. The summed E-state index contributed by atoms with van der Waals surface area (Å²) in [7, 11) is 0. The highest BCUT2D eigenvalue weighted by molar-refractivity contribution is 6.05. The molecular formula is C27H27N5O3. The Labute approximate surface area is 202 Å². The van der Waals surface area contributed by atoms with Crippen LogP contribution in [0.1, 0.15) is 18.4 Å². The zero-order valence-corrected chi connectivity index (χ0v) is 19.2. The van der Waals surface area contributed by atoms with E-state index in [1.807, 2.05) is 30.3 Å². The fourth-order valence-corrected chi connectivity index (χ4v) is 4.98. The number of nitrogens with zero attached hydrogens (tertiary/aromatic N) is 2. The number of fused-ring (bicyclic) bond motifs is 2. The van der Waals surface area contributed by atoms with E-state index in [1.165, 1.54) is 15.7 Å². The molecule has 1 aromatic heterocycles. The molecule has 178 valence electrons. The number of ketones is 1. The molecule has 1 fully saturated rings. The maximum absolute atomic E-state index is 13.2. The number of hydrogen-bond acceptors (Lipinski definition) is 4. The number of likely N-dealkylation sites (tertiary alicyclic amines) is 1. The van der Waals surface area contributed by atoms with Gasteiger partial charge in [0.15, 0.2) is 5.78 Å². The minimum atomic E-state index is -0.647. The first-order chi connectivity index (χ1) is 16.9. The Morgan fingerprint density at radius 3 is 2.46 bits per heavy atom. The van der Waals surface area contributed by atoms with Crippen molar-refractivity contribution >= 4 is 45.2 Å². The van der Waals surface area contributed by atoms with Crippen molar-refractivity contribution in [1.29, 1.82) is 0 Å². The van der Waals surface area contributed by atoms with E-state index in [0.29, 0.717) is 35.9 Å². The lowest BCUT2D eigenvalue weighted by Gasteiger charge is -2.24. The molecule has 0 radical (unpaired) electrons. The van der Waals surface area contributed by atoms with Gasteiger partial charge in [-0.05, 0) is 35.2 Å². The van der Waals surface area contributed by atoms with E-state index in [9.17, 15) is 14.4 Å². The van der Waals surface area contributed by atoms with Crippen molar-refractivity contribution in [3.63, 3.8) is 0 Å². The fraction of sp³-hybridized carbons (Fsp3) is 0.222. The number of anilines is 1. The molecule has 1 saturated heterocycles. The van der Waals surface area contributed by atoms with Crippen molar-refractivity contribution in [2.45, 2.75) is 31.3 Å². The molecule has 3 amide bonds. The first-order valence-electron chi connectivity index (χ1n) is 11.6. The van der Waals surface area contributed by atoms with Crippen LogP contribution in [-0.4, -0.2) is 45.9 Å². The molecule has 0 unspecified atom stereocenters. The van der Waals surface area contributed by atoms with Gasteiger partial charge in [-0.3, -0.25) is 9.36 Å². The predicted octanol–water partition coefficient (Wildman–Crippen LogP) is 3.86. The number of rotatable bonds is 5. The van der Waals surface area contributed by atoms with Gasteiger partial charge in [-0.2, -0.15) is 0 Å². The van der Waals surface area contributed by atoms with Crippen LogP contribution in [0.15, 0.2) is 72.9 Å². The summed E-state index contributed by atoms with van der Waals surface area (Å²) in [6.45, 7) is 0.283. The predicted molar refractivity (Wildman–Crippen MR) is 136 cm³/mol. The summed E-state index contributed by atoms with van der Waals surface area (Å²) in [6.07, 6.45) is 2.83. The van der Waals surface area contributed by atoms with Crippen molar-refractivity contribution < 1.29 is 14.4 Å². The average Bonchev–Trinajstić information content (AvgIpc) is 3.43. The lowest BCUT2D eigenvalue weighted by atomic mass is 9.97. The van der Waals surface area contributed by atoms with Crippen LogP contribution < -0.4 is 16.8 Å². The first-order valence-corrected chi connectivity index (χ1v) is 11.6. The Bertz CT molecular complexity index is 1440. The van der Waals surface area contributed by atoms with Crippen molar-refractivity contribution in [1.82, 2.24) is 9.47 Å². The molecule has 5 rings (SSSR count). The van der Waals surface area contributed by atoms with E-state index in [-0.39, 0.29) is 18.4 Å². The lowest BCUT2D eigenvalue weighted by Crippen LogP contribution is -2.43. The highest BCUT2D eigenvalue weighted by Crippen LogP contribution is 2.28. The van der Waals surface area contributed by atoms with Crippen molar-refractivity contribution in [3.05, 3.63) is 78.5 Å². The number of carbonyl (C=O) groups excluding carboxylic acids is 3. The Hall–Kier alpha value is -4.17. The fourth-order valence-electron chi connectivity index (χ4n) is 4.98. The Kier molecular flexibility index (Phi) is 5.96. The second-order valence-electron chi connectivity index (χ2n) is 8.97. The number of nitrogens with one attached hydrogen (secondary N) is 1. The summed E-state index contributed by atoms with van der Waals surface area (Å²) in [5, 5.41) is 5.81. The van der Waals surface area contributed by atoms with Gasteiger partial charge in [0, 0.05) is 30.6 Å². The number of primary amides is 1. The van der Waals surface area contributed by atoms with Gasteiger partial charge in [-0.15, -0.1) is 0 Å². The van der Waals surface area contributed by atoms with Crippen LogP contribution in [0.2, 0.25) is 0 Å². The van der Waals surface area contributed by atoms with Gasteiger partial charge in [0.25, 0.3) is 0 Å². The Morgan fingerprint density at radius 1 is 0.943 bits per heavy atom. The molecular weight excluding hydrogens is 442 g/mol. The second kappa shape index (κ2) is 9.23. The lowest BCUT2D eigenvalue weighted by molar-refractivity contribution is -0.122. The molecule has 35 heavy (non-hydrogen) atoms. The standard InChI is InChI=1S/C27H27N5O3/c28-19-14-24(25(33)13-12-18-8-5-7-17-6-1-2-9-20(17)18)32(15-19)27(35)30-22-16-31(26(29)34)23-11-4-3-10-21(22)23/h1-11,16,19,24H,12-15,28H2,(H2,29,34)(H,30,35)/t19-,24-/m0/s1. The van der Waals surface area contributed by atoms with Gasteiger partial charge in [0.1, 0.15) is 0 Å². The van der Waals surface area contributed by atoms with Gasteiger partial charge in [0.2, 0.25) is 0 Å². The van der Waals surface area contributed by atoms with E-state index < -0.39 is 18.1 Å². The molecule has 2 atom stereocenters. The molecule has 8 heteroatoms. The summed E-state index contributed by atoms with van der Waals surface area (Å²) in [4.78, 5) is 39.8. The number of urea groups is 1. The van der Waals surface area contributed by atoms with Gasteiger partial charge < -0.3 is 21.7 Å². The van der Waals surface area contributed by atoms with Crippen LogP contribution in [0, 0.1) is 0 Å². The van der Waals surface area contributed by atoms with Crippen LogP contribution in [-0.2, 0) is 11.2 Å². The SMILES string of the molecule is NC(=O)n1cc(NC(=O)N2C[C@@H](N)C[C@H]2C(=O)CCc2cccc3ccccc23)c2ccccc21. The van der Waals surface area contributed by atoms with E-state index in [0.717, 1.165) is 16.3 Å². The molecule has 0 aliphatic carbocycles. The normalized spacial score (nSPS) is 17.7. The van der Waals surface area contributed by atoms with E-state index in [4.69, 9.17) is 11.5 Å². The number of aromatic nitrogens is 1. The molecule has 0 spiro atoms. The number of carbonyl (C=O) groups is 3. The number of Topliss-reactive ketones (excluding diaryl/α,β-unsaturated/α-hetero) is 1. The Morgan fingerprint density at radius 2 is 1.66 bits per heavy atom. The first kappa shape index (κ1) is 22.6. The van der Waals surface area contributed by atoms with Crippen LogP contribution >= 0.6 is 0 Å². The maximum atomic E-state index is 13.2. The van der Waals surface area contributed by atoms with E-state index in [2.05, 4.69) is 23.5 Å². The second-order valence-corrected chi connectivity index (χ2v) is 8.97. The zero-order chi connectivity index (χ0) is 24.5. The Balaban J connectivity index is 1.32. The molecule has 8 nitrogen and oxygen atoms in total. The summed E-state index contributed by atoms with van der Waals surface area (Å²) >= 11 is 0. The smallest absolute Gasteiger partial charge is 0.323 e. The van der Waals surface area contributed by atoms with Crippen LogP contribution in [0.25, 0.3) is 21.7 Å². The van der Waals surface area contributed by atoms with Crippen molar-refractivity contribution in [2.75, 3.05) is 11.9 Å². The van der Waals surface area contributed by atoms with Gasteiger partial charge >= 0.3 is 12.1 Å². The molecule has 4 aromatic rings. The van der Waals surface area contributed by atoms with Crippen LogP contribution in [0.3, 0.4) is 0 Å². The number of benzene rings is 3. The number of amides is 3. The number of hydrogen-bond donors (Lipinski definition) is 3. The molecule has 0 bridgehead atoms. The van der Waals surface area contributed by atoms with Gasteiger partial charge in [0.05, 0.1) is 17.2 Å². The minimum Gasteiger partial charge on any atom is -0.351 e. The van der Waals surface area contributed by atoms with Crippen LogP contribution in [0.5, 0.6) is 0 Å². The summed E-state index contributed by atoms with van der Waals surface area (Å²) in [5.74, 6) is -0.0133. The highest BCUT2D eigenvalue weighted by atomic mass is 16.2. The molecule has 5 N–H and O–H groups in total. The van der Waals surface area contributed by atoms with Gasteiger partial charge in [-0.1, -0.05) is 60.7 Å². The minimum absolute atomic E-state index is 0.0133. The molecule has 1 aliphatic heterocycles. The summed E-state index contributed by atoms with van der Waals surface area (Å²) in [6, 6.07) is 19.4. The molecule has 1 aliphatic rings. The quantitative estimate of drug-likeness (QED) is 0.411. The number of aryl methyl sites for hydroxylation is 1. The molecule has 3 aromatic carbocycles. The third-order valence-corrected chi connectivity index (χ3v) is 6.68.